The summed E-state index contributed by atoms with van der Waals surface area (Å²) in [5.74, 6) is 0.563. The van der Waals surface area contributed by atoms with E-state index in [4.69, 9.17) is 10.00 Å². The van der Waals surface area contributed by atoms with Gasteiger partial charge >= 0.3 is 0 Å². The van der Waals surface area contributed by atoms with Gasteiger partial charge in [0.05, 0.1) is 23.4 Å². The van der Waals surface area contributed by atoms with E-state index in [1.807, 2.05) is 19.9 Å². The lowest BCUT2D eigenvalue weighted by Gasteiger charge is -2.14. The largest absolute Gasteiger partial charge is 0.489 e. The minimum Gasteiger partial charge on any atom is -0.489 e. The molecule has 0 saturated carbocycles. The van der Waals surface area contributed by atoms with Crippen molar-refractivity contribution in [1.82, 2.24) is 15.0 Å². The van der Waals surface area contributed by atoms with Crippen LogP contribution in [-0.4, -0.2) is 27.0 Å². The topological polar surface area (TPSA) is 101 Å². The number of rotatable bonds is 5. The minimum absolute atomic E-state index is 0.0697. The Hall–Kier alpha value is -3.31. The van der Waals surface area contributed by atoms with Crippen molar-refractivity contribution < 1.29 is 9.53 Å². The Morgan fingerprint density at radius 1 is 1.31 bits per heavy atom. The lowest BCUT2D eigenvalue weighted by Crippen LogP contribution is -2.15. The number of carbonyl (C=O) groups excluding carboxylic acids is 1. The summed E-state index contributed by atoms with van der Waals surface area (Å²) in [7, 11) is 0. The SMILES string of the molecule is CC(C)Oc1ccc(C#N)cc1NC(=O)c1csc(-c2ncccn2)n1. The molecule has 1 N–H and O–H groups in total. The molecule has 8 heteroatoms. The summed E-state index contributed by atoms with van der Waals surface area (Å²) < 4.78 is 5.69. The Morgan fingerprint density at radius 3 is 2.77 bits per heavy atom. The van der Waals surface area contributed by atoms with Gasteiger partial charge in [-0.25, -0.2) is 15.0 Å². The number of nitriles is 1. The van der Waals surface area contributed by atoms with Crippen molar-refractivity contribution in [2.45, 2.75) is 20.0 Å². The number of aromatic nitrogens is 3. The summed E-state index contributed by atoms with van der Waals surface area (Å²) in [6.07, 6.45) is 3.17. The highest BCUT2D eigenvalue weighted by Crippen LogP contribution is 2.28. The molecular weight excluding hydrogens is 350 g/mol. The van der Waals surface area contributed by atoms with Crippen molar-refractivity contribution in [3.63, 3.8) is 0 Å². The van der Waals surface area contributed by atoms with Crippen molar-refractivity contribution in [2.24, 2.45) is 0 Å². The molecule has 1 aromatic carbocycles. The molecule has 0 aliphatic rings. The van der Waals surface area contributed by atoms with E-state index in [9.17, 15) is 4.79 Å². The number of ether oxygens (including phenoxy) is 1. The molecule has 0 aliphatic heterocycles. The van der Waals surface area contributed by atoms with Crippen molar-refractivity contribution in [3.05, 3.63) is 53.3 Å². The maximum atomic E-state index is 12.6. The molecule has 0 spiro atoms. The van der Waals surface area contributed by atoms with Gasteiger partial charge in [-0.05, 0) is 38.1 Å². The molecule has 0 unspecified atom stereocenters. The van der Waals surface area contributed by atoms with E-state index in [1.54, 1.807) is 42.0 Å². The van der Waals surface area contributed by atoms with Crippen molar-refractivity contribution >= 4 is 22.9 Å². The molecule has 1 amide bonds. The van der Waals surface area contributed by atoms with E-state index in [2.05, 4.69) is 20.3 Å². The Kier molecular flexibility index (Phi) is 5.20. The Bertz CT molecular complexity index is 963. The van der Waals surface area contributed by atoms with Crippen molar-refractivity contribution in [1.29, 1.82) is 5.26 Å². The van der Waals surface area contributed by atoms with Gasteiger partial charge in [0.1, 0.15) is 11.4 Å². The van der Waals surface area contributed by atoms with Crippen LogP contribution in [0.5, 0.6) is 5.75 Å². The van der Waals surface area contributed by atoms with Crippen LogP contribution in [0.15, 0.2) is 42.0 Å². The van der Waals surface area contributed by atoms with Gasteiger partial charge in [0.15, 0.2) is 10.8 Å². The summed E-state index contributed by atoms with van der Waals surface area (Å²) in [5, 5.41) is 14.0. The van der Waals surface area contributed by atoms with E-state index < -0.39 is 5.91 Å². The lowest BCUT2D eigenvalue weighted by molar-refractivity contribution is 0.102. The Balaban J connectivity index is 1.84. The molecular formula is C18H15N5O2S. The van der Waals surface area contributed by atoms with Gasteiger partial charge in [0, 0.05) is 17.8 Å². The normalized spacial score (nSPS) is 10.4. The van der Waals surface area contributed by atoms with Crippen LogP contribution >= 0.6 is 11.3 Å². The highest BCUT2D eigenvalue weighted by Gasteiger charge is 2.16. The molecule has 3 rings (SSSR count). The molecule has 0 fully saturated rings. The minimum atomic E-state index is -0.396. The Morgan fingerprint density at radius 2 is 2.08 bits per heavy atom. The zero-order valence-electron chi connectivity index (χ0n) is 14.1. The fraction of sp³-hybridized carbons (Fsp3) is 0.167. The third kappa shape index (κ3) is 4.02. The predicted octanol–water partition coefficient (Wildman–Crippen LogP) is 3.51. The van der Waals surface area contributed by atoms with Gasteiger partial charge in [-0.15, -0.1) is 11.3 Å². The summed E-state index contributed by atoms with van der Waals surface area (Å²) in [6, 6.07) is 8.64. The van der Waals surface area contributed by atoms with Crippen LogP contribution in [0.1, 0.15) is 29.9 Å². The first-order chi connectivity index (χ1) is 12.6. The number of nitrogens with zero attached hydrogens (tertiary/aromatic N) is 4. The molecule has 0 aliphatic carbocycles. The molecule has 3 aromatic rings. The van der Waals surface area contributed by atoms with Gasteiger partial charge in [-0.2, -0.15) is 5.26 Å². The van der Waals surface area contributed by atoms with Crippen LogP contribution in [0.4, 0.5) is 5.69 Å². The molecule has 2 aromatic heterocycles. The second kappa shape index (κ2) is 7.72. The summed E-state index contributed by atoms with van der Waals surface area (Å²) >= 11 is 1.28. The standard InChI is InChI=1S/C18H15N5O2S/c1-11(2)25-15-5-4-12(9-19)8-13(15)22-17(24)14-10-26-18(23-14)16-20-6-3-7-21-16/h3-8,10-11H,1-2H3,(H,22,24). The van der Waals surface area contributed by atoms with Crippen LogP contribution in [0.25, 0.3) is 10.8 Å². The average molecular weight is 365 g/mol. The molecule has 26 heavy (non-hydrogen) atoms. The number of benzene rings is 1. The van der Waals surface area contributed by atoms with Crippen molar-refractivity contribution in [3.8, 4) is 22.7 Å². The second-order valence-electron chi connectivity index (χ2n) is 5.55. The zero-order chi connectivity index (χ0) is 18.5. The summed E-state index contributed by atoms with van der Waals surface area (Å²) in [4.78, 5) is 25.1. The van der Waals surface area contributed by atoms with Crippen LogP contribution < -0.4 is 10.1 Å². The van der Waals surface area contributed by atoms with Gasteiger partial charge in [0.25, 0.3) is 5.91 Å². The summed E-state index contributed by atoms with van der Waals surface area (Å²) in [6.45, 7) is 3.77. The van der Waals surface area contributed by atoms with Gasteiger partial charge < -0.3 is 10.1 Å². The molecule has 2 heterocycles. The quantitative estimate of drug-likeness (QED) is 0.742. The van der Waals surface area contributed by atoms with E-state index >= 15 is 0 Å². The maximum absolute atomic E-state index is 12.6. The molecule has 0 radical (unpaired) electrons. The highest BCUT2D eigenvalue weighted by atomic mass is 32.1. The fourth-order valence-electron chi connectivity index (χ4n) is 2.13. The monoisotopic (exact) mass is 365 g/mol. The van der Waals surface area contributed by atoms with E-state index in [1.165, 1.54) is 11.3 Å². The smallest absolute Gasteiger partial charge is 0.275 e. The van der Waals surface area contributed by atoms with Crippen LogP contribution in [0.3, 0.4) is 0 Å². The van der Waals surface area contributed by atoms with Crippen molar-refractivity contribution in [2.75, 3.05) is 5.32 Å². The number of amides is 1. The fourth-order valence-corrected chi connectivity index (χ4v) is 2.88. The molecule has 130 valence electrons. The third-order valence-corrected chi connectivity index (χ3v) is 4.05. The number of hydrogen-bond donors (Lipinski definition) is 1. The van der Waals surface area contributed by atoms with Crippen LogP contribution in [-0.2, 0) is 0 Å². The molecule has 7 nitrogen and oxygen atoms in total. The van der Waals surface area contributed by atoms with Gasteiger partial charge in [-0.3, -0.25) is 4.79 Å². The number of thiazole rings is 1. The maximum Gasteiger partial charge on any atom is 0.275 e. The first-order valence-corrected chi connectivity index (χ1v) is 8.70. The first-order valence-electron chi connectivity index (χ1n) is 7.82. The number of anilines is 1. The lowest BCUT2D eigenvalue weighted by atomic mass is 10.2. The summed E-state index contributed by atoms with van der Waals surface area (Å²) in [5.41, 5.74) is 1.09. The van der Waals surface area contributed by atoms with Gasteiger partial charge in [-0.1, -0.05) is 0 Å². The van der Waals surface area contributed by atoms with E-state index in [0.717, 1.165) is 0 Å². The average Bonchev–Trinajstić information content (AvgIpc) is 3.14. The zero-order valence-corrected chi connectivity index (χ0v) is 14.9. The molecule has 0 bridgehead atoms. The Labute approximate surface area is 154 Å². The molecule has 0 saturated heterocycles. The van der Waals surface area contributed by atoms with E-state index in [-0.39, 0.29) is 11.8 Å². The van der Waals surface area contributed by atoms with E-state index in [0.29, 0.717) is 27.8 Å². The second-order valence-corrected chi connectivity index (χ2v) is 6.41. The highest BCUT2D eigenvalue weighted by molar-refractivity contribution is 7.13. The third-order valence-electron chi connectivity index (χ3n) is 3.21. The first kappa shape index (κ1) is 17.5. The number of carbonyl (C=O) groups is 1. The van der Waals surface area contributed by atoms with Crippen LogP contribution in [0, 0.1) is 11.3 Å². The predicted molar refractivity (Wildman–Crippen MR) is 98.0 cm³/mol. The van der Waals surface area contributed by atoms with Gasteiger partial charge in [0.2, 0.25) is 0 Å². The number of nitrogens with one attached hydrogen (secondary N) is 1. The molecule has 0 atom stereocenters. The number of hydrogen-bond acceptors (Lipinski definition) is 7. The van der Waals surface area contributed by atoms with Crippen LogP contribution in [0.2, 0.25) is 0 Å².